The molecule has 6 heteroatoms. The SMILES string of the molecule is COCCN1CC(C(=O)N2CCC(C(C)O)C2)CC1=O. The molecule has 2 rings (SSSR count). The number of amides is 2. The van der Waals surface area contributed by atoms with Gasteiger partial charge in [-0.3, -0.25) is 9.59 Å². The van der Waals surface area contributed by atoms with Crippen molar-refractivity contribution in [3.8, 4) is 0 Å². The van der Waals surface area contributed by atoms with Crippen LogP contribution < -0.4 is 0 Å². The average Bonchev–Trinajstić information content (AvgIpc) is 3.02. The summed E-state index contributed by atoms with van der Waals surface area (Å²) in [6.45, 7) is 4.62. The smallest absolute Gasteiger partial charge is 0.228 e. The fourth-order valence-corrected chi connectivity index (χ4v) is 2.99. The topological polar surface area (TPSA) is 70.1 Å². The highest BCUT2D eigenvalue weighted by molar-refractivity contribution is 5.89. The minimum Gasteiger partial charge on any atom is -0.393 e. The molecule has 3 atom stereocenters. The molecule has 2 amide bonds. The van der Waals surface area contributed by atoms with Gasteiger partial charge in [-0.05, 0) is 13.3 Å². The number of aliphatic hydroxyl groups excluding tert-OH is 1. The minimum absolute atomic E-state index is 0.0340. The first-order valence-corrected chi connectivity index (χ1v) is 7.26. The zero-order valence-corrected chi connectivity index (χ0v) is 12.2. The van der Waals surface area contributed by atoms with Crippen LogP contribution in [0.25, 0.3) is 0 Å². The van der Waals surface area contributed by atoms with Gasteiger partial charge in [-0.15, -0.1) is 0 Å². The first kappa shape index (κ1) is 15.3. The molecule has 6 nitrogen and oxygen atoms in total. The third-order valence-corrected chi connectivity index (χ3v) is 4.35. The molecule has 2 heterocycles. The predicted molar refractivity (Wildman–Crippen MR) is 72.9 cm³/mol. The lowest BCUT2D eigenvalue weighted by Crippen LogP contribution is -2.37. The summed E-state index contributed by atoms with van der Waals surface area (Å²) in [5.41, 5.74) is 0. The standard InChI is InChI=1S/C14H24N2O4/c1-10(17)11-3-4-16(8-11)14(19)12-7-13(18)15(9-12)5-6-20-2/h10-12,17H,3-9H2,1-2H3. The number of carbonyl (C=O) groups is 2. The van der Waals surface area contributed by atoms with Gasteiger partial charge < -0.3 is 19.6 Å². The Kier molecular flexibility index (Phi) is 4.99. The zero-order valence-electron chi connectivity index (χ0n) is 12.2. The van der Waals surface area contributed by atoms with E-state index in [4.69, 9.17) is 4.74 Å². The van der Waals surface area contributed by atoms with Crippen molar-refractivity contribution >= 4 is 11.8 Å². The molecule has 0 spiro atoms. The number of ether oxygens (including phenoxy) is 1. The maximum absolute atomic E-state index is 12.4. The maximum Gasteiger partial charge on any atom is 0.228 e. The highest BCUT2D eigenvalue weighted by Gasteiger charge is 2.38. The lowest BCUT2D eigenvalue weighted by atomic mass is 10.0. The summed E-state index contributed by atoms with van der Waals surface area (Å²) in [6.07, 6.45) is 0.770. The second-order valence-electron chi connectivity index (χ2n) is 5.81. The van der Waals surface area contributed by atoms with Crippen LogP contribution in [-0.2, 0) is 14.3 Å². The molecule has 2 aliphatic rings. The molecule has 3 unspecified atom stereocenters. The Labute approximate surface area is 119 Å². The Morgan fingerprint density at radius 3 is 2.85 bits per heavy atom. The summed E-state index contributed by atoms with van der Waals surface area (Å²) in [5.74, 6) is 0.0286. The van der Waals surface area contributed by atoms with Crippen molar-refractivity contribution in [2.75, 3.05) is 39.9 Å². The summed E-state index contributed by atoms with van der Waals surface area (Å²) < 4.78 is 4.97. The van der Waals surface area contributed by atoms with Crippen LogP contribution in [0, 0.1) is 11.8 Å². The fourth-order valence-electron chi connectivity index (χ4n) is 2.99. The minimum atomic E-state index is -0.379. The van der Waals surface area contributed by atoms with Crippen LogP contribution >= 0.6 is 0 Å². The van der Waals surface area contributed by atoms with Crippen molar-refractivity contribution in [2.24, 2.45) is 11.8 Å². The molecule has 114 valence electrons. The van der Waals surface area contributed by atoms with Gasteiger partial charge in [0.15, 0.2) is 0 Å². The van der Waals surface area contributed by atoms with Crippen molar-refractivity contribution < 1.29 is 19.4 Å². The quantitative estimate of drug-likeness (QED) is 0.753. The molecular weight excluding hydrogens is 260 g/mol. The van der Waals surface area contributed by atoms with Crippen molar-refractivity contribution in [1.29, 1.82) is 0 Å². The third kappa shape index (κ3) is 3.30. The molecule has 0 aliphatic carbocycles. The van der Waals surface area contributed by atoms with E-state index in [1.807, 2.05) is 0 Å². The summed E-state index contributed by atoms with van der Waals surface area (Å²) in [6, 6.07) is 0. The lowest BCUT2D eigenvalue weighted by Gasteiger charge is -2.21. The van der Waals surface area contributed by atoms with Crippen LogP contribution in [0.4, 0.5) is 0 Å². The van der Waals surface area contributed by atoms with Crippen molar-refractivity contribution in [3.63, 3.8) is 0 Å². The highest BCUT2D eigenvalue weighted by Crippen LogP contribution is 2.25. The monoisotopic (exact) mass is 284 g/mol. The van der Waals surface area contributed by atoms with Gasteiger partial charge >= 0.3 is 0 Å². The Bertz CT molecular complexity index is 372. The van der Waals surface area contributed by atoms with Gasteiger partial charge in [0.25, 0.3) is 0 Å². The molecule has 2 saturated heterocycles. The number of nitrogens with zero attached hydrogens (tertiary/aromatic N) is 2. The largest absolute Gasteiger partial charge is 0.393 e. The van der Waals surface area contributed by atoms with Gasteiger partial charge in [-0.1, -0.05) is 0 Å². The number of methoxy groups -OCH3 is 1. The number of hydrogen-bond acceptors (Lipinski definition) is 4. The van der Waals surface area contributed by atoms with Crippen LogP contribution in [0.2, 0.25) is 0 Å². The summed E-state index contributed by atoms with van der Waals surface area (Å²) in [4.78, 5) is 27.8. The first-order valence-electron chi connectivity index (χ1n) is 7.26. The van der Waals surface area contributed by atoms with Crippen molar-refractivity contribution in [1.82, 2.24) is 9.80 Å². The van der Waals surface area contributed by atoms with E-state index in [0.717, 1.165) is 6.42 Å². The maximum atomic E-state index is 12.4. The van der Waals surface area contributed by atoms with E-state index in [2.05, 4.69) is 0 Å². The zero-order chi connectivity index (χ0) is 14.7. The molecule has 2 fully saturated rings. The van der Waals surface area contributed by atoms with E-state index < -0.39 is 0 Å². The van der Waals surface area contributed by atoms with Gasteiger partial charge in [0.1, 0.15) is 0 Å². The second-order valence-corrected chi connectivity index (χ2v) is 5.81. The number of carbonyl (C=O) groups excluding carboxylic acids is 2. The van der Waals surface area contributed by atoms with Gasteiger partial charge in [0, 0.05) is 45.6 Å². The van der Waals surface area contributed by atoms with Gasteiger partial charge in [0.05, 0.1) is 18.6 Å². The third-order valence-electron chi connectivity index (χ3n) is 4.35. The molecule has 0 aromatic rings. The Morgan fingerprint density at radius 2 is 2.25 bits per heavy atom. The molecule has 0 saturated carbocycles. The molecule has 1 N–H and O–H groups in total. The Balaban J connectivity index is 1.86. The Morgan fingerprint density at radius 1 is 1.50 bits per heavy atom. The lowest BCUT2D eigenvalue weighted by molar-refractivity contribution is -0.135. The fraction of sp³-hybridized carbons (Fsp3) is 0.857. The number of likely N-dealkylation sites (tertiary alicyclic amines) is 2. The normalized spacial score (nSPS) is 28.2. The number of rotatable bonds is 5. The summed E-state index contributed by atoms with van der Waals surface area (Å²) in [7, 11) is 1.60. The van der Waals surface area contributed by atoms with Crippen LogP contribution in [0.15, 0.2) is 0 Å². The van der Waals surface area contributed by atoms with E-state index in [1.54, 1.807) is 23.8 Å². The second kappa shape index (κ2) is 6.54. The van der Waals surface area contributed by atoms with Gasteiger partial charge in [-0.25, -0.2) is 0 Å². The molecule has 0 bridgehead atoms. The molecular formula is C14H24N2O4. The number of hydrogen-bond donors (Lipinski definition) is 1. The van der Waals surface area contributed by atoms with E-state index in [-0.39, 0.29) is 29.8 Å². The van der Waals surface area contributed by atoms with E-state index in [1.165, 1.54) is 0 Å². The summed E-state index contributed by atoms with van der Waals surface area (Å²) >= 11 is 0. The van der Waals surface area contributed by atoms with E-state index in [9.17, 15) is 14.7 Å². The predicted octanol–water partition coefficient (Wildman–Crippen LogP) is -0.289. The van der Waals surface area contributed by atoms with E-state index in [0.29, 0.717) is 39.2 Å². The van der Waals surface area contributed by atoms with Crippen LogP contribution in [0.3, 0.4) is 0 Å². The van der Waals surface area contributed by atoms with Crippen LogP contribution in [0.5, 0.6) is 0 Å². The molecule has 0 aromatic heterocycles. The molecule has 0 aromatic carbocycles. The highest BCUT2D eigenvalue weighted by atomic mass is 16.5. The molecule has 0 radical (unpaired) electrons. The molecule has 2 aliphatic heterocycles. The van der Waals surface area contributed by atoms with Gasteiger partial charge in [-0.2, -0.15) is 0 Å². The van der Waals surface area contributed by atoms with Crippen molar-refractivity contribution in [2.45, 2.75) is 25.9 Å². The first-order chi connectivity index (χ1) is 9.52. The average molecular weight is 284 g/mol. The van der Waals surface area contributed by atoms with Crippen molar-refractivity contribution in [3.05, 3.63) is 0 Å². The van der Waals surface area contributed by atoms with Crippen LogP contribution in [0.1, 0.15) is 19.8 Å². The Hall–Kier alpha value is -1.14. The summed E-state index contributed by atoms with van der Waals surface area (Å²) in [5, 5.41) is 9.58. The van der Waals surface area contributed by atoms with Crippen LogP contribution in [-0.4, -0.2) is 72.7 Å². The van der Waals surface area contributed by atoms with Gasteiger partial charge in [0.2, 0.25) is 11.8 Å². The van der Waals surface area contributed by atoms with E-state index >= 15 is 0 Å². The molecule has 20 heavy (non-hydrogen) atoms. The number of aliphatic hydroxyl groups is 1.